The van der Waals surface area contributed by atoms with Gasteiger partial charge in [-0.25, -0.2) is 0 Å². The fraction of sp³-hybridized carbons (Fsp3) is 0.0588. The van der Waals surface area contributed by atoms with Crippen LogP contribution in [0.5, 0.6) is 0 Å². The lowest BCUT2D eigenvalue weighted by Crippen LogP contribution is -2.26. The molecule has 1 N–H and O–H groups in total. The molecule has 5 heteroatoms. The van der Waals surface area contributed by atoms with Crippen LogP contribution in [0.15, 0.2) is 54.2 Å². The second kappa shape index (κ2) is 5.95. The first-order valence-corrected chi connectivity index (χ1v) is 7.39. The summed E-state index contributed by atoms with van der Waals surface area (Å²) in [5, 5.41) is 3.92. The Kier molecular flexibility index (Phi) is 4.01. The Hall–Kier alpha value is -2.10. The van der Waals surface area contributed by atoms with Crippen LogP contribution in [0.1, 0.15) is 26.3 Å². The number of carbonyl (C=O) groups excluding carboxylic acids is 2. The minimum Gasteiger partial charge on any atom is -0.378 e. The predicted molar refractivity (Wildman–Crippen MR) is 86.5 cm³/mol. The van der Waals surface area contributed by atoms with E-state index < -0.39 is 0 Å². The first kappa shape index (κ1) is 14.8. The maximum Gasteiger partial charge on any atom is 0.209 e. The molecule has 1 aliphatic carbocycles. The van der Waals surface area contributed by atoms with E-state index in [1.54, 1.807) is 36.4 Å². The van der Waals surface area contributed by atoms with E-state index in [2.05, 4.69) is 5.32 Å². The van der Waals surface area contributed by atoms with Crippen molar-refractivity contribution in [3.63, 3.8) is 0 Å². The van der Waals surface area contributed by atoms with Crippen molar-refractivity contribution in [3.05, 3.63) is 81.0 Å². The smallest absolute Gasteiger partial charge is 0.209 e. The zero-order chi connectivity index (χ0) is 15.7. The number of halogens is 2. The standard InChI is InChI=1S/C17H11Cl2NO2/c18-13-6-5-10(7-14(13)19)9-20-15-8-16(21)11-3-1-2-4-12(11)17(15)22/h1-8,20H,9H2. The minimum atomic E-state index is -0.185. The Bertz CT molecular complexity index is 812. The Balaban J connectivity index is 1.80. The lowest BCUT2D eigenvalue weighted by Gasteiger charge is -2.16. The van der Waals surface area contributed by atoms with Gasteiger partial charge in [0.15, 0.2) is 5.78 Å². The molecule has 0 atom stereocenters. The summed E-state index contributed by atoms with van der Waals surface area (Å²) in [7, 11) is 0. The van der Waals surface area contributed by atoms with Gasteiger partial charge in [0.05, 0.1) is 15.7 Å². The molecule has 3 rings (SSSR count). The number of allylic oxidation sites excluding steroid dienone is 2. The van der Waals surface area contributed by atoms with Gasteiger partial charge in [0.25, 0.3) is 0 Å². The molecule has 0 fully saturated rings. The van der Waals surface area contributed by atoms with E-state index in [1.807, 2.05) is 6.07 Å². The van der Waals surface area contributed by atoms with Crippen molar-refractivity contribution in [2.75, 3.05) is 0 Å². The van der Waals surface area contributed by atoms with Crippen molar-refractivity contribution in [2.45, 2.75) is 6.54 Å². The maximum atomic E-state index is 12.4. The van der Waals surface area contributed by atoms with Crippen LogP contribution in [-0.2, 0) is 6.54 Å². The van der Waals surface area contributed by atoms with Crippen LogP contribution in [-0.4, -0.2) is 11.6 Å². The van der Waals surface area contributed by atoms with E-state index >= 15 is 0 Å². The topological polar surface area (TPSA) is 46.2 Å². The molecule has 0 radical (unpaired) electrons. The van der Waals surface area contributed by atoms with E-state index in [1.165, 1.54) is 6.08 Å². The van der Waals surface area contributed by atoms with Crippen LogP contribution in [0.25, 0.3) is 0 Å². The molecule has 0 unspecified atom stereocenters. The van der Waals surface area contributed by atoms with Gasteiger partial charge in [0.2, 0.25) is 5.78 Å². The number of nitrogens with one attached hydrogen (secondary N) is 1. The quantitative estimate of drug-likeness (QED) is 0.922. The zero-order valence-electron chi connectivity index (χ0n) is 11.4. The second-order valence-corrected chi connectivity index (χ2v) is 5.71. The molecule has 1 aliphatic rings. The van der Waals surface area contributed by atoms with Gasteiger partial charge in [-0.3, -0.25) is 9.59 Å². The molecule has 0 heterocycles. The first-order valence-electron chi connectivity index (χ1n) is 6.64. The fourth-order valence-corrected chi connectivity index (χ4v) is 2.61. The first-order chi connectivity index (χ1) is 10.6. The van der Waals surface area contributed by atoms with E-state index in [4.69, 9.17) is 23.2 Å². The minimum absolute atomic E-state index is 0.174. The monoisotopic (exact) mass is 331 g/mol. The lowest BCUT2D eigenvalue weighted by molar-refractivity contribution is 0.0978. The molecule has 0 bridgehead atoms. The molecular weight excluding hydrogens is 321 g/mol. The highest BCUT2D eigenvalue weighted by Gasteiger charge is 2.24. The number of Topliss-reactive ketones (excluding diaryl/α,β-unsaturated/α-hetero) is 1. The normalized spacial score (nSPS) is 13.6. The molecule has 0 aliphatic heterocycles. The van der Waals surface area contributed by atoms with Gasteiger partial charge in [-0.05, 0) is 17.7 Å². The molecule has 0 amide bonds. The summed E-state index contributed by atoms with van der Waals surface area (Å²) in [5.41, 5.74) is 2.02. The van der Waals surface area contributed by atoms with Crippen molar-refractivity contribution in [2.24, 2.45) is 0 Å². The summed E-state index contributed by atoms with van der Waals surface area (Å²) in [6.45, 7) is 0.379. The molecule has 22 heavy (non-hydrogen) atoms. The average molecular weight is 332 g/mol. The molecule has 0 saturated heterocycles. The van der Waals surface area contributed by atoms with E-state index in [-0.39, 0.29) is 17.3 Å². The molecule has 0 aromatic heterocycles. The van der Waals surface area contributed by atoms with Crippen LogP contribution in [0, 0.1) is 0 Å². The molecule has 110 valence electrons. The van der Waals surface area contributed by atoms with Crippen molar-refractivity contribution < 1.29 is 9.59 Å². The maximum absolute atomic E-state index is 12.4. The van der Waals surface area contributed by atoms with Gasteiger partial charge in [-0.15, -0.1) is 0 Å². The molecule has 2 aromatic carbocycles. The number of carbonyl (C=O) groups is 2. The van der Waals surface area contributed by atoms with Crippen LogP contribution in [0.3, 0.4) is 0 Å². The fourth-order valence-electron chi connectivity index (χ4n) is 2.29. The Morgan fingerprint density at radius 3 is 2.36 bits per heavy atom. The van der Waals surface area contributed by atoms with Crippen LogP contribution in [0.2, 0.25) is 10.0 Å². The van der Waals surface area contributed by atoms with Gasteiger partial charge in [-0.1, -0.05) is 53.5 Å². The van der Waals surface area contributed by atoms with Gasteiger partial charge >= 0.3 is 0 Å². The van der Waals surface area contributed by atoms with Crippen molar-refractivity contribution in [1.82, 2.24) is 5.32 Å². The van der Waals surface area contributed by atoms with Gasteiger partial charge in [0, 0.05) is 23.7 Å². The number of benzene rings is 2. The Morgan fingerprint density at radius 1 is 0.909 bits per heavy atom. The molecule has 2 aromatic rings. The second-order valence-electron chi connectivity index (χ2n) is 4.90. The highest BCUT2D eigenvalue weighted by atomic mass is 35.5. The number of hydrogen-bond donors (Lipinski definition) is 1. The summed E-state index contributed by atoms with van der Waals surface area (Å²) < 4.78 is 0. The number of fused-ring (bicyclic) bond motifs is 1. The van der Waals surface area contributed by atoms with Gasteiger partial charge in [-0.2, -0.15) is 0 Å². The third-order valence-corrected chi connectivity index (χ3v) is 4.16. The van der Waals surface area contributed by atoms with Gasteiger partial charge in [0.1, 0.15) is 0 Å². The SMILES string of the molecule is O=C1C=C(NCc2ccc(Cl)c(Cl)c2)C(=O)c2ccccc21. The highest BCUT2D eigenvalue weighted by molar-refractivity contribution is 6.42. The molecule has 0 spiro atoms. The number of ketones is 2. The van der Waals surface area contributed by atoms with Crippen LogP contribution in [0.4, 0.5) is 0 Å². The zero-order valence-corrected chi connectivity index (χ0v) is 12.9. The third kappa shape index (κ3) is 2.78. The number of rotatable bonds is 3. The van der Waals surface area contributed by atoms with E-state index in [9.17, 15) is 9.59 Å². The van der Waals surface area contributed by atoms with Crippen molar-refractivity contribution in [3.8, 4) is 0 Å². The van der Waals surface area contributed by atoms with Crippen molar-refractivity contribution in [1.29, 1.82) is 0 Å². The van der Waals surface area contributed by atoms with E-state index in [0.717, 1.165) is 5.56 Å². The summed E-state index contributed by atoms with van der Waals surface area (Å²) in [6, 6.07) is 12.0. The third-order valence-electron chi connectivity index (χ3n) is 3.42. The Labute approximate surface area is 137 Å². The largest absolute Gasteiger partial charge is 0.378 e. The predicted octanol–water partition coefficient (Wildman–Crippen LogP) is 4.05. The van der Waals surface area contributed by atoms with Gasteiger partial charge < -0.3 is 5.32 Å². The summed E-state index contributed by atoms with van der Waals surface area (Å²) in [4.78, 5) is 24.4. The number of hydrogen-bond acceptors (Lipinski definition) is 3. The van der Waals surface area contributed by atoms with Crippen LogP contribution < -0.4 is 5.32 Å². The van der Waals surface area contributed by atoms with Crippen molar-refractivity contribution >= 4 is 34.8 Å². The summed E-state index contributed by atoms with van der Waals surface area (Å²) in [6.07, 6.45) is 1.34. The van der Waals surface area contributed by atoms with E-state index in [0.29, 0.717) is 27.7 Å². The summed E-state index contributed by atoms with van der Waals surface area (Å²) in [5.74, 6) is -0.359. The molecule has 3 nitrogen and oxygen atoms in total. The van der Waals surface area contributed by atoms with Crippen LogP contribution >= 0.6 is 23.2 Å². The molecular formula is C17H11Cl2NO2. The Morgan fingerprint density at radius 2 is 1.64 bits per heavy atom. The highest BCUT2D eigenvalue weighted by Crippen LogP contribution is 2.23. The average Bonchev–Trinajstić information content (AvgIpc) is 2.53. The molecule has 0 saturated carbocycles. The lowest BCUT2D eigenvalue weighted by atomic mass is 9.92. The summed E-state index contributed by atoms with van der Waals surface area (Å²) >= 11 is 11.8.